The monoisotopic (exact) mass is 418 g/mol. The van der Waals surface area contributed by atoms with Crippen LogP contribution < -0.4 is 0 Å². The van der Waals surface area contributed by atoms with Gasteiger partial charge in [0.25, 0.3) is 5.03 Å². The van der Waals surface area contributed by atoms with E-state index in [4.69, 9.17) is 6.57 Å². The number of nitrogens with zero attached hydrogens (tertiary/aromatic N) is 2. The molecule has 2 rings (SSSR count). The molecule has 5 nitrogen and oxygen atoms in total. The smallest absolute Gasteiger partial charge is 0.293 e. The number of phenols is 1. The molecular formula is C23H34N2O3S. The van der Waals surface area contributed by atoms with Gasteiger partial charge in [0.15, 0.2) is 0 Å². The van der Waals surface area contributed by atoms with Crippen molar-refractivity contribution in [2.75, 3.05) is 13.1 Å². The van der Waals surface area contributed by atoms with Crippen LogP contribution in [-0.4, -0.2) is 30.9 Å². The van der Waals surface area contributed by atoms with Crippen molar-refractivity contribution in [1.82, 2.24) is 4.31 Å². The second kappa shape index (κ2) is 8.49. The van der Waals surface area contributed by atoms with Gasteiger partial charge in [-0.1, -0.05) is 54.4 Å². The van der Waals surface area contributed by atoms with Crippen molar-refractivity contribution in [1.29, 1.82) is 0 Å². The predicted octanol–water partition coefficient (Wildman–Crippen LogP) is 5.41. The van der Waals surface area contributed by atoms with Crippen LogP contribution in [-0.2, 0) is 20.9 Å². The van der Waals surface area contributed by atoms with Crippen LogP contribution in [0.5, 0.6) is 5.75 Å². The van der Waals surface area contributed by atoms with Gasteiger partial charge in [-0.15, -0.1) is 0 Å². The van der Waals surface area contributed by atoms with Gasteiger partial charge in [0, 0.05) is 24.2 Å². The van der Waals surface area contributed by atoms with Crippen molar-refractivity contribution in [3.05, 3.63) is 45.3 Å². The van der Waals surface area contributed by atoms with Crippen molar-refractivity contribution in [2.45, 2.75) is 78.1 Å². The van der Waals surface area contributed by atoms with Crippen LogP contribution in [0.2, 0.25) is 0 Å². The van der Waals surface area contributed by atoms with E-state index in [1.165, 1.54) is 10.4 Å². The Hall–Kier alpha value is -1.84. The molecule has 1 heterocycles. The Kier molecular flexibility index (Phi) is 6.86. The third-order valence-electron chi connectivity index (χ3n) is 5.32. The highest BCUT2D eigenvalue weighted by Crippen LogP contribution is 2.40. The number of hydrogen-bond acceptors (Lipinski definition) is 3. The molecular weight excluding hydrogens is 384 g/mol. The molecule has 1 aliphatic rings. The Morgan fingerprint density at radius 3 is 1.83 bits per heavy atom. The minimum atomic E-state index is -3.82. The predicted molar refractivity (Wildman–Crippen MR) is 119 cm³/mol. The van der Waals surface area contributed by atoms with E-state index < -0.39 is 10.0 Å². The molecule has 160 valence electrons. The molecule has 0 amide bonds. The summed E-state index contributed by atoms with van der Waals surface area (Å²) in [5, 5.41) is 10.6. The standard InChI is InChI=1S/C23H34N2O3S/c1-22(2,3)18-14-17(15-19(21(18)26)23(4,5)6)16-20(24-7)29(27,28)25-12-10-8-9-11-13-25/h14-16,26H,8-13H2,1-6H3. The van der Waals surface area contributed by atoms with Crippen LogP contribution in [0, 0.1) is 6.57 Å². The van der Waals surface area contributed by atoms with Crippen LogP contribution in [0.1, 0.15) is 83.9 Å². The number of benzene rings is 1. The van der Waals surface area contributed by atoms with Gasteiger partial charge in [-0.2, -0.15) is 0 Å². The van der Waals surface area contributed by atoms with Gasteiger partial charge in [-0.05, 0) is 47.4 Å². The molecule has 1 N–H and O–H groups in total. The zero-order valence-corrected chi connectivity index (χ0v) is 19.4. The van der Waals surface area contributed by atoms with Crippen LogP contribution in [0.25, 0.3) is 10.9 Å². The summed E-state index contributed by atoms with van der Waals surface area (Å²) in [6.07, 6.45) is 5.14. The van der Waals surface area contributed by atoms with E-state index in [0.717, 1.165) is 36.8 Å². The van der Waals surface area contributed by atoms with Crippen molar-refractivity contribution >= 4 is 16.1 Å². The lowest BCUT2D eigenvalue weighted by Crippen LogP contribution is -2.32. The molecule has 0 radical (unpaired) electrons. The maximum absolute atomic E-state index is 13.1. The molecule has 0 saturated carbocycles. The molecule has 0 spiro atoms. The fourth-order valence-corrected chi connectivity index (χ4v) is 5.01. The molecule has 6 heteroatoms. The number of hydrogen-bond donors (Lipinski definition) is 1. The zero-order chi connectivity index (χ0) is 22.0. The molecule has 1 fully saturated rings. The second-order valence-corrected chi connectivity index (χ2v) is 11.8. The molecule has 1 aromatic carbocycles. The minimum Gasteiger partial charge on any atom is -0.507 e. The molecule has 0 aliphatic carbocycles. The van der Waals surface area contributed by atoms with Gasteiger partial charge in [0.2, 0.25) is 10.0 Å². The molecule has 0 aromatic heterocycles. The molecule has 0 unspecified atom stereocenters. The number of aromatic hydroxyl groups is 1. The number of sulfonamides is 1. The van der Waals surface area contributed by atoms with Gasteiger partial charge in [-0.3, -0.25) is 0 Å². The first-order valence-corrected chi connectivity index (χ1v) is 11.7. The summed E-state index contributed by atoms with van der Waals surface area (Å²) < 4.78 is 27.6. The number of phenolic OH excluding ortho intramolecular Hbond substituents is 1. The first kappa shape index (κ1) is 23.4. The molecule has 1 aliphatic heterocycles. The van der Waals surface area contributed by atoms with Crippen LogP contribution in [0.15, 0.2) is 17.2 Å². The Bertz CT molecular complexity index is 883. The highest BCUT2D eigenvalue weighted by Gasteiger charge is 2.30. The van der Waals surface area contributed by atoms with E-state index >= 15 is 0 Å². The van der Waals surface area contributed by atoms with Crippen LogP contribution in [0.3, 0.4) is 0 Å². The molecule has 29 heavy (non-hydrogen) atoms. The lowest BCUT2D eigenvalue weighted by molar-refractivity contribution is 0.423. The Morgan fingerprint density at radius 1 is 1.00 bits per heavy atom. The van der Waals surface area contributed by atoms with Gasteiger partial charge >= 0.3 is 0 Å². The van der Waals surface area contributed by atoms with E-state index in [0.29, 0.717) is 18.7 Å². The van der Waals surface area contributed by atoms with Crippen molar-refractivity contribution < 1.29 is 13.5 Å². The average Bonchev–Trinajstić information content (AvgIpc) is 2.88. The van der Waals surface area contributed by atoms with Gasteiger partial charge in [0.05, 0.1) is 6.57 Å². The third-order valence-corrected chi connectivity index (χ3v) is 7.10. The van der Waals surface area contributed by atoms with Crippen LogP contribution >= 0.6 is 0 Å². The first-order valence-electron chi connectivity index (χ1n) is 10.3. The molecule has 1 aromatic rings. The maximum Gasteiger partial charge on any atom is 0.293 e. The Morgan fingerprint density at radius 2 is 1.45 bits per heavy atom. The summed E-state index contributed by atoms with van der Waals surface area (Å²) >= 11 is 0. The molecule has 0 atom stereocenters. The van der Waals surface area contributed by atoms with E-state index in [2.05, 4.69) is 4.85 Å². The van der Waals surface area contributed by atoms with Crippen molar-refractivity contribution in [2.24, 2.45) is 0 Å². The largest absolute Gasteiger partial charge is 0.507 e. The summed E-state index contributed by atoms with van der Waals surface area (Å²) in [6.45, 7) is 20.5. The van der Waals surface area contributed by atoms with Gasteiger partial charge < -0.3 is 5.11 Å². The third kappa shape index (κ3) is 5.40. The summed E-state index contributed by atoms with van der Waals surface area (Å²) in [5.74, 6) is 0.238. The maximum atomic E-state index is 13.1. The van der Waals surface area contributed by atoms with Crippen molar-refractivity contribution in [3.63, 3.8) is 0 Å². The summed E-state index contributed by atoms with van der Waals surface area (Å²) in [7, 11) is -3.82. The van der Waals surface area contributed by atoms with Crippen molar-refractivity contribution in [3.8, 4) is 5.75 Å². The second-order valence-electron chi connectivity index (χ2n) is 9.88. The van der Waals surface area contributed by atoms with E-state index in [1.807, 2.05) is 41.5 Å². The molecule has 1 saturated heterocycles. The lowest BCUT2D eigenvalue weighted by atomic mass is 9.78. The fraction of sp³-hybridized carbons (Fsp3) is 0.609. The molecule has 0 bridgehead atoms. The average molecular weight is 419 g/mol. The Labute approximate surface area is 176 Å². The Balaban J connectivity index is 2.62. The quantitative estimate of drug-likeness (QED) is 0.668. The summed E-state index contributed by atoms with van der Waals surface area (Å²) in [4.78, 5) is 3.39. The van der Waals surface area contributed by atoms with E-state index in [1.54, 1.807) is 12.1 Å². The van der Waals surface area contributed by atoms with Gasteiger partial charge in [0.1, 0.15) is 5.75 Å². The van der Waals surface area contributed by atoms with Crippen LogP contribution in [0.4, 0.5) is 0 Å². The number of rotatable bonds is 3. The highest BCUT2D eigenvalue weighted by molar-refractivity contribution is 7.93. The first-order chi connectivity index (χ1) is 13.3. The highest BCUT2D eigenvalue weighted by atomic mass is 32.2. The topological polar surface area (TPSA) is 62.0 Å². The summed E-state index contributed by atoms with van der Waals surface area (Å²) in [5.41, 5.74) is 1.47. The SMILES string of the molecule is [C-]#[N+]C(=Cc1cc(C(C)(C)C)c(O)c(C(C)(C)C)c1)S(=O)(=O)N1CCCCCC1. The lowest BCUT2D eigenvalue weighted by Gasteiger charge is -2.28. The van der Waals surface area contributed by atoms with E-state index in [9.17, 15) is 13.5 Å². The zero-order valence-electron chi connectivity index (χ0n) is 18.5. The fourth-order valence-electron chi connectivity index (χ4n) is 3.60. The van der Waals surface area contributed by atoms with E-state index in [-0.39, 0.29) is 21.6 Å². The normalized spacial score (nSPS) is 17.6. The minimum absolute atomic E-state index is 0.238. The summed E-state index contributed by atoms with van der Waals surface area (Å²) in [6, 6.07) is 3.60. The van der Waals surface area contributed by atoms with Gasteiger partial charge in [-0.25, -0.2) is 17.6 Å².